The van der Waals surface area contributed by atoms with Gasteiger partial charge in [-0.15, -0.1) is 0 Å². The van der Waals surface area contributed by atoms with Crippen molar-refractivity contribution in [3.8, 4) is 17.0 Å². The third-order valence-corrected chi connectivity index (χ3v) is 2.61. The molecule has 6 heteroatoms. The summed E-state index contributed by atoms with van der Waals surface area (Å²) < 4.78 is 0. The fraction of sp³-hybridized carbons (Fsp3) is 0.0909. The van der Waals surface area contributed by atoms with Gasteiger partial charge in [-0.2, -0.15) is 4.98 Å². The topological polar surface area (TPSA) is 78.0 Å². The molecule has 0 amide bonds. The Morgan fingerprint density at radius 3 is 2.71 bits per heavy atom. The van der Waals surface area contributed by atoms with E-state index in [1.165, 1.54) is 0 Å². The van der Waals surface area contributed by atoms with Gasteiger partial charge in [0.15, 0.2) is 0 Å². The Hall–Kier alpha value is -2.01. The van der Waals surface area contributed by atoms with Crippen molar-refractivity contribution in [3.05, 3.63) is 39.6 Å². The number of halogens is 1. The van der Waals surface area contributed by atoms with Gasteiger partial charge in [-0.1, -0.05) is 29.8 Å². The van der Waals surface area contributed by atoms with Gasteiger partial charge in [0.05, 0.1) is 0 Å². The smallest absolute Gasteiger partial charge is 0.264 e. The van der Waals surface area contributed by atoms with Crippen LogP contribution in [-0.2, 0) is 0 Å². The minimum Gasteiger partial charge on any atom is -0.493 e. The number of H-pyrrole nitrogens is 1. The van der Waals surface area contributed by atoms with Crippen molar-refractivity contribution in [2.45, 2.75) is 0 Å². The molecule has 0 fully saturated rings. The molecule has 17 heavy (non-hydrogen) atoms. The van der Waals surface area contributed by atoms with Crippen molar-refractivity contribution < 1.29 is 5.11 Å². The highest BCUT2D eigenvalue weighted by Gasteiger charge is 2.14. The van der Waals surface area contributed by atoms with Crippen LogP contribution < -0.4 is 10.9 Å². The predicted molar refractivity (Wildman–Crippen MR) is 66.5 cm³/mol. The molecule has 1 aromatic heterocycles. The summed E-state index contributed by atoms with van der Waals surface area (Å²) in [7, 11) is 1.59. The van der Waals surface area contributed by atoms with E-state index >= 15 is 0 Å². The van der Waals surface area contributed by atoms with E-state index in [9.17, 15) is 9.90 Å². The summed E-state index contributed by atoms with van der Waals surface area (Å²) in [6.45, 7) is 0. The number of aromatic amines is 1. The monoisotopic (exact) mass is 251 g/mol. The van der Waals surface area contributed by atoms with E-state index in [1.807, 2.05) is 0 Å². The molecule has 3 N–H and O–H groups in total. The minimum absolute atomic E-state index is 0.0644. The Morgan fingerprint density at radius 2 is 2.12 bits per heavy atom. The summed E-state index contributed by atoms with van der Waals surface area (Å²) in [5.74, 6) is -0.158. The maximum absolute atomic E-state index is 11.8. The average molecular weight is 252 g/mol. The number of rotatable bonds is 2. The number of nitrogens with zero attached hydrogens (tertiary/aromatic N) is 1. The predicted octanol–water partition coefficient (Wildman–Crippen LogP) is 1.84. The number of nitrogens with one attached hydrogen (secondary N) is 2. The quantitative estimate of drug-likeness (QED) is 0.761. The Kier molecular flexibility index (Phi) is 3.01. The van der Waals surface area contributed by atoms with Gasteiger partial charge in [-0.25, -0.2) is 0 Å². The van der Waals surface area contributed by atoms with E-state index in [-0.39, 0.29) is 17.4 Å². The number of aromatic nitrogens is 2. The molecule has 2 rings (SSSR count). The standard InChI is InChI=1S/C11H10ClN3O2/c1-13-11-14-9(16)8(10(17)15-11)6-4-2-3-5-7(6)12/h2-5H,1H3,(H3,13,14,15,16,17). The van der Waals surface area contributed by atoms with Crippen molar-refractivity contribution in [3.63, 3.8) is 0 Å². The first-order valence-corrected chi connectivity index (χ1v) is 5.27. The van der Waals surface area contributed by atoms with E-state index in [1.54, 1.807) is 31.3 Å². The molecular weight excluding hydrogens is 242 g/mol. The average Bonchev–Trinajstić information content (AvgIpc) is 2.30. The number of aromatic hydroxyl groups is 1. The van der Waals surface area contributed by atoms with Crippen molar-refractivity contribution in [1.29, 1.82) is 0 Å². The maximum atomic E-state index is 11.8. The molecule has 5 nitrogen and oxygen atoms in total. The molecule has 0 spiro atoms. The lowest BCUT2D eigenvalue weighted by Crippen LogP contribution is -2.13. The Morgan fingerprint density at radius 1 is 1.41 bits per heavy atom. The van der Waals surface area contributed by atoms with Crippen LogP contribution >= 0.6 is 11.6 Å². The largest absolute Gasteiger partial charge is 0.493 e. The Bertz CT molecular complexity index is 610. The molecule has 0 saturated carbocycles. The van der Waals surface area contributed by atoms with E-state index in [0.717, 1.165) is 0 Å². The molecule has 0 saturated heterocycles. The van der Waals surface area contributed by atoms with Crippen molar-refractivity contribution in [2.24, 2.45) is 0 Å². The van der Waals surface area contributed by atoms with Crippen LogP contribution in [0.4, 0.5) is 5.95 Å². The molecule has 1 aromatic carbocycles. The van der Waals surface area contributed by atoms with Gasteiger partial charge < -0.3 is 10.4 Å². The normalized spacial score (nSPS) is 10.2. The highest BCUT2D eigenvalue weighted by Crippen LogP contribution is 2.29. The fourth-order valence-electron chi connectivity index (χ4n) is 1.49. The molecule has 0 bridgehead atoms. The number of hydrogen-bond donors (Lipinski definition) is 3. The van der Waals surface area contributed by atoms with Gasteiger partial charge in [0, 0.05) is 17.6 Å². The summed E-state index contributed by atoms with van der Waals surface area (Å²) in [6, 6.07) is 6.76. The second kappa shape index (κ2) is 4.47. The van der Waals surface area contributed by atoms with Crippen LogP contribution in [-0.4, -0.2) is 22.1 Å². The molecule has 88 valence electrons. The summed E-state index contributed by atoms with van der Waals surface area (Å²) in [5, 5.41) is 12.8. The molecule has 0 aliphatic rings. The zero-order valence-electron chi connectivity index (χ0n) is 8.99. The van der Waals surface area contributed by atoms with Crippen LogP contribution in [0, 0.1) is 0 Å². The molecule has 1 heterocycles. The zero-order chi connectivity index (χ0) is 12.4. The molecule has 2 aromatic rings. The van der Waals surface area contributed by atoms with Crippen LogP contribution in [0.15, 0.2) is 29.1 Å². The SMILES string of the molecule is CNc1nc(O)c(-c2ccccc2Cl)c(=O)[nH]1. The van der Waals surface area contributed by atoms with Crippen LogP contribution in [0.5, 0.6) is 5.88 Å². The highest BCUT2D eigenvalue weighted by molar-refractivity contribution is 6.33. The Labute approximate surface area is 102 Å². The first-order valence-electron chi connectivity index (χ1n) is 4.89. The molecule has 0 unspecified atom stereocenters. The maximum Gasteiger partial charge on any atom is 0.264 e. The molecule has 0 aliphatic heterocycles. The van der Waals surface area contributed by atoms with Crippen LogP contribution in [0.3, 0.4) is 0 Å². The summed E-state index contributed by atoms with van der Waals surface area (Å²) in [4.78, 5) is 18.1. The molecule has 0 radical (unpaired) electrons. The Balaban J connectivity index is 2.69. The fourth-order valence-corrected chi connectivity index (χ4v) is 1.72. The summed E-state index contributed by atoms with van der Waals surface area (Å²) in [6.07, 6.45) is 0. The van der Waals surface area contributed by atoms with Gasteiger partial charge in [0.1, 0.15) is 5.56 Å². The number of hydrogen-bond acceptors (Lipinski definition) is 4. The van der Waals surface area contributed by atoms with Gasteiger partial charge in [0.2, 0.25) is 11.8 Å². The van der Waals surface area contributed by atoms with Crippen LogP contribution in [0.25, 0.3) is 11.1 Å². The lowest BCUT2D eigenvalue weighted by atomic mass is 10.1. The van der Waals surface area contributed by atoms with E-state index in [0.29, 0.717) is 10.6 Å². The first kappa shape index (κ1) is 11.5. The third-order valence-electron chi connectivity index (χ3n) is 2.28. The van der Waals surface area contributed by atoms with Crippen LogP contribution in [0.2, 0.25) is 5.02 Å². The van der Waals surface area contributed by atoms with Gasteiger partial charge in [-0.05, 0) is 6.07 Å². The number of benzene rings is 1. The summed E-state index contributed by atoms with van der Waals surface area (Å²) >= 11 is 5.97. The van der Waals surface area contributed by atoms with Gasteiger partial charge in [-0.3, -0.25) is 9.78 Å². The van der Waals surface area contributed by atoms with E-state index in [2.05, 4.69) is 15.3 Å². The zero-order valence-corrected chi connectivity index (χ0v) is 9.75. The van der Waals surface area contributed by atoms with Crippen molar-refractivity contribution >= 4 is 17.5 Å². The van der Waals surface area contributed by atoms with E-state index < -0.39 is 5.56 Å². The van der Waals surface area contributed by atoms with Crippen LogP contribution in [0.1, 0.15) is 0 Å². The second-order valence-corrected chi connectivity index (χ2v) is 3.75. The molecule has 0 atom stereocenters. The van der Waals surface area contributed by atoms with Gasteiger partial charge >= 0.3 is 0 Å². The highest BCUT2D eigenvalue weighted by atomic mass is 35.5. The number of anilines is 1. The first-order chi connectivity index (χ1) is 8.13. The lowest BCUT2D eigenvalue weighted by molar-refractivity contribution is 0.454. The third kappa shape index (κ3) is 2.09. The van der Waals surface area contributed by atoms with Crippen molar-refractivity contribution in [1.82, 2.24) is 9.97 Å². The van der Waals surface area contributed by atoms with Crippen molar-refractivity contribution in [2.75, 3.05) is 12.4 Å². The molecule has 0 aliphatic carbocycles. The molecular formula is C11H10ClN3O2. The van der Waals surface area contributed by atoms with Gasteiger partial charge in [0.25, 0.3) is 5.56 Å². The summed E-state index contributed by atoms with van der Waals surface area (Å²) in [5.41, 5.74) is 0.0626. The van der Waals surface area contributed by atoms with E-state index in [4.69, 9.17) is 11.6 Å². The lowest BCUT2D eigenvalue weighted by Gasteiger charge is -2.06. The second-order valence-electron chi connectivity index (χ2n) is 3.34. The minimum atomic E-state index is -0.449.